The molecule has 0 aliphatic heterocycles. The fraction of sp³-hybridized carbons (Fsp3) is 0. The van der Waals surface area contributed by atoms with Crippen LogP contribution in [0, 0.1) is 0 Å². The first-order valence-corrected chi connectivity index (χ1v) is 4.02. The van der Waals surface area contributed by atoms with Gasteiger partial charge in [-0.3, -0.25) is 0 Å². The van der Waals surface area contributed by atoms with Gasteiger partial charge in [-0.25, -0.2) is 0 Å². The third kappa shape index (κ3) is 2.18. The molecule has 2 aromatic carbocycles. The van der Waals surface area contributed by atoms with Gasteiger partial charge in [0.15, 0.2) is 0 Å². The second-order valence-electron chi connectivity index (χ2n) is 2.65. The molecule has 0 aromatic heterocycles. The Bertz CT molecular complexity index is 428. The molecule has 0 atom stereocenters. The topological polar surface area (TPSA) is 20.2 Å². The minimum atomic E-state index is 0. The van der Waals surface area contributed by atoms with Crippen LogP contribution in [0.4, 0.5) is 0 Å². The molecular weight excluding hydrogens is 195 g/mol. The van der Waals surface area contributed by atoms with E-state index in [1.165, 1.54) is 0 Å². The summed E-state index contributed by atoms with van der Waals surface area (Å²) in [6, 6.07) is 10.9. The van der Waals surface area contributed by atoms with Crippen LogP contribution in [-0.2, 0) is 0 Å². The molecule has 0 aliphatic rings. The van der Waals surface area contributed by atoms with Crippen LogP contribution in [0.5, 0.6) is 5.75 Å². The molecule has 1 nitrogen and oxygen atoms in total. The average Bonchev–Trinajstić information content (AvgIpc) is 2.04. The number of aromatic hydroxyl groups is 1. The van der Waals surface area contributed by atoms with Gasteiger partial charge in [-0.2, -0.15) is 0 Å². The first-order valence-electron chi connectivity index (χ1n) is 3.64. The molecule has 0 unspecified atom stereocenters. The molecule has 0 fully saturated rings. The predicted molar refractivity (Wildman–Crippen MR) is 56.4 cm³/mol. The zero-order valence-electron chi connectivity index (χ0n) is 7.29. The molecule has 1 radical (unpaired) electrons. The quantitative estimate of drug-likeness (QED) is 0.650. The molecule has 0 spiro atoms. The Kier molecular flexibility index (Phi) is 3.63. The van der Waals surface area contributed by atoms with Crippen molar-refractivity contribution in [3.63, 3.8) is 0 Å². The zero-order valence-corrected chi connectivity index (χ0v) is 10.0. The summed E-state index contributed by atoms with van der Waals surface area (Å²) in [7, 11) is 0. The normalized spacial score (nSPS) is 9.62. The summed E-state index contributed by atoms with van der Waals surface area (Å²) in [6.45, 7) is 0. The molecule has 0 saturated heterocycles. The van der Waals surface area contributed by atoms with Crippen LogP contribution in [0.15, 0.2) is 36.4 Å². The van der Waals surface area contributed by atoms with Crippen molar-refractivity contribution in [2.75, 3.05) is 0 Å². The monoisotopic (exact) mass is 201 g/mol. The number of hydrogen-bond acceptors (Lipinski definition) is 1. The molecule has 13 heavy (non-hydrogen) atoms. The summed E-state index contributed by atoms with van der Waals surface area (Å²) in [5.74, 6) is 0.207. The van der Waals surface area contributed by atoms with E-state index in [4.69, 9.17) is 11.6 Å². The molecule has 1 N–H and O–H groups in total. The van der Waals surface area contributed by atoms with Crippen LogP contribution in [-0.4, -0.2) is 34.7 Å². The largest absolute Gasteiger partial charge is 0.508 e. The van der Waals surface area contributed by atoms with Gasteiger partial charge in [0.1, 0.15) is 5.75 Å². The number of rotatable bonds is 0. The zero-order chi connectivity index (χ0) is 8.55. The number of benzene rings is 2. The van der Waals surface area contributed by atoms with Gasteiger partial charge >= 0.3 is 0 Å². The first-order chi connectivity index (χ1) is 5.77. The second-order valence-corrected chi connectivity index (χ2v) is 3.06. The van der Waals surface area contributed by atoms with Crippen molar-refractivity contribution in [3.8, 4) is 5.75 Å². The van der Waals surface area contributed by atoms with Gasteiger partial charge < -0.3 is 5.11 Å². The summed E-state index contributed by atoms with van der Waals surface area (Å²) in [6.07, 6.45) is 0. The van der Waals surface area contributed by atoms with E-state index in [2.05, 4.69) is 0 Å². The smallest absolute Gasteiger partial charge is 0.117 e. The van der Waals surface area contributed by atoms with Crippen molar-refractivity contribution in [1.29, 1.82) is 0 Å². The third-order valence-corrected chi connectivity index (χ3v) is 2.11. The molecule has 0 saturated carbocycles. The van der Waals surface area contributed by atoms with Crippen molar-refractivity contribution >= 4 is 51.9 Å². The number of hydrogen-bond donors (Lipinski definition) is 1. The van der Waals surface area contributed by atoms with Crippen LogP contribution < -0.4 is 0 Å². The van der Waals surface area contributed by atoms with Crippen LogP contribution in [0.1, 0.15) is 0 Å². The summed E-state index contributed by atoms with van der Waals surface area (Å²) < 4.78 is 0. The molecule has 0 aliphatic carbocycles. The van der Waals surface area contributed by atoms with Gasteiger partial charge in [0.05, 0.1) is 5.02 Å². The van der Waals surface area contributed by atoms with Crippen molar-refractivity contribution < 1.29 is 5.11 Å². The molecule has 0 amide bonds. The molecule has 0 heterocycles. The summed E-state index contributed by atoms with van der Waals surface area (Å²) >= 11 is 5.90. The molecule has 2 rings (SSSR count). The van der Waals surface area contributed by atoms with Gasteiger partial charge in [0, 0.05) is 34.9 Å². The van der Waals surface area contributed by atoms with E-state index in [1.807, 2.05) is 24.3 Å². The predicted octanol–water partition coefficient (Wildman–Crippen LogP) is 2.82. The number of phenols is 1. The number of fused-ring (bicyclic) bond motifs is 1. The molecule has 3 heteroatoms. The fourth-order valence-electron chi connectivity index (χ4n) is 1.25. The Morgan fingerprint density at radius 1 is 1.08 bits per heavy atom. The van der Waals surface area contributed by atoms with Crippen molar-refractivity contribution in [2.45, 2.75) is 0 Å². The van der Waals surface area contributed by atoms with Crippen molar-refractivity contribution in [3.05, 3.63) is 41.4 Å². The second kappa shape index (κ2) is 4.34. The van der Waals surface area contributed by atoms with E-state index >= 15 is 0 Å². The van der Waals surface area contributed by atoms with E-state index in [9.17, 15) is 5.11 Å². The van der Waals surface area contributed by atoms with Crippen LogP contribution >= 0.6 is 11.6 Å². The molecule has 61 valence electrons. The van der Waals surface area contributed by atoms with Gasteiger partial charge in [-0.05, 0) is 17.5 Å². The van der Waals surface area contributed by atoms with Crippen molar-refractivity contribution in [1.82, 2.24) is 0 Å². The third-order valence-electron chi connectivity index (χ3n) is 1.80. The minimum Gasteiger partial charge on any atom is -0.508 e. The Morgan fingerprint density at radius 3 is 2.54 bits per heavy atom. The molecule has 2 aromatic rings. The maximum Gasteiger partial charge on any atom is 0.117 e. The summed E-state index contributed by atoms with van der Waals surface area (Å²) in [5, 5.41) is 11.7. The average molecular weight is 202 g/mol. The molecule has 0 bridgehead atoms. The maximum absolute atomic E-state index is 9.23. The number of phenolic OH excluding ortho intramolecular Hbond substituents is 1. The van der Waals surface area contributed by atoms with E-state index in [0.717, 1.165) is 10.8 Å². The first kappa shape index (κ1) is 10.9. The fourth-order valence-corrected chi connectivity index (χ4v) is 1.53. The molecular formula is C10H7ClNaO. The Morgan fingerprint density at radius 2 is 1.77 bits per heavy atom. The van der Waals surface area contributed by atoms with Gasteiger partial charge in [0.25, 0.3) is 0 Å². The maximum atomic E-state index is 9.23. The Hall–Kier alpha value is -0.210. The number of halogens is 1. The van der Waals surface area contributed by atoms with Gasteiger partial charge in [0.2, 0.25) is 0 Å². The van der Waals surface area contributed by atoms with E-state index in [0.29, 0.717) is 5.02 Å². The van der Waals surface area contributed by atoms with Gasteiger partial charge in [-0.15, -0.1) is 0 Å². The standard InChI is InChI=1S/C10H7ClO.Na/c11-10-6-8(12)5-7-3-1-2-4-9(7)10;/h1-6,12H;. The van der Waals surface area contributed by atoms with E-state index < -0.39 is 0 Å². The summed E-state index contributed by atoms with van der Waals surface area (Å²) in [4.78, 5) is 0. The van der Waals surface area contributed by atoms with Crippen LogP contribution in [0.25, 0.3) is 10.8 Å². The SMILES string of the molecule is Oc1cc(Cl)c2ccccc2c1.[Na]. The van der Waals surface area contributed by atoms with Crippen LogP contribution in [0.2, 0.25) is 5.02 Å². The summed E-state index contributed by atoms with van der Waals surface area (Å²) in [5.41, 5.74) is 0. The minimum absolute atomic E-state index is 0. The van der Waals surface area contributed by atoms with Gasteiger partial charge in [-0.1, -0.05) is 35.9 Å². The van der Waals surface area contributed by atoms with E-state index in [1.54, 1.807) is 12.1 Å². The Balaban J connectivity index is 0.000000845. The van der Waals surface area contributed by atoms with Crippen LogP contribution in [0.3, 0.4) is 0 Å². The Labute approximate surface area is 104 Å². The van der Waals surface area contributed by atoms with Crippen molar-refractivity contribution in [2.24, 2.45) is 0 Å². The van der Waals surface area contributed by atoms with E-state index in [-0.39, 0.29) is 35.3 Å².